The Labute approximate surface area is 181 Å². The molecule has 1 aromatic heterocycles. The van der Waals surface area contributed by atoms with Gasteiger partial charge in [-0.15, -0.1) is 0 Å². The predicted molar refractivity (Wildman–Crippen MR) is 113 cm³/mol. The molecule has 1 aromatic rings. The Morgan fingerprint density at radius 2 is 2.19 bits per heavy atom. The van der Waals surface area contributed by atoms with Crippen molar-refractivity contribution >= 4 is 17.4 Å². The van der Waals surface area contributed by atoms with Crippen LogP contribution < -0.4 is 10.6 Å². The Bertz CT molecular complexity index is 781. The molecule has 3 atom stereocenters. The monoisotopic (exact) mass is 434 g/mol. The van der Waals surface area contributed by atoms with Crippen LogP contribution in [0, 0.1) is 27.9 Å². The van der Waals surface area contributed by atoms with Crippen molar-refractivity contribution in [2.24, 2.45) is 17.8 Å². The Morgan fingerprint density at radius 1 is 1.39 bits per heavy atom. The van der Waals surface area contributed by atoms with E-state index in [0.29, 0.717) is 37.9 Å². The summed E-state index contributed by atoms with van der Waals surface area (Å²) in [5, 5.41) is 25.7. The molecular formula is C21H30N4O6. The summed E-state index contributed by atoms with van der Waals surface area (Å²) in [5.41, 5.74) is -0.0772. The van der Waals surface area contributed by atoms with Gasteiger partial charge in [-0.1, -0.05) is 0 Å². The number of aromatic nitrogens is 1. The van der Waals surface area contributed by atoms with Gasteiger partial charge < -0.3 is 25.2 Å². The highest BCUT2D eigenvalue weighted by Gasteiger charge is 2.43. The summed E-state index contributed by atoms with van der Waals surface area (Å²) >= 11 is 0. The third-order valence-electron chi connectivity index (χ3n) is 5.52. The van der Waals surface area contributed by atoms with Crippen molar-refractivity contribution in [2.45, 2.75) is 38.9 Å². The fourth-order valence-corrected chi connectivity index (χ4v) is 3.86. The third kappa shape index (κ3) is 6.38. The zero-order chi connectivity index (χ0) is 22.2. The number of hydrogen-bond donors (Lipinski definition) is 3. The number of nitro groups is 1. The van der Waals surface area contributed by atoms with Crippen molar-refractivity contribution in [3.63, 3.8) is 0 Å². The second-order valence-corrected chi connectivity index (χ2v) is 7.76. The van der Waals surface area contributed by atoms with Crippen LogP contribution in [-0.4, -0.2) is 53.5 Å². The van der Waals surface area contributed by atoms with Crippen LogP contribution in [0.5, 0.6) is 0 Å². The first-order chi connectivity index (χ1) is 15.0. The van der Waals surface area contributed by atoms with Crippen LogP contribution in [0.4, 0.5) is 11.5 Å². The van der Waals surface area contributed by atoms with Crippen molar-refractivity contribution in [2.75, 3.05) is 31.6 Å². The molecule has 1 aliphatic carbocycles. The molecule has 2 heterocycles. The first-order valence-corrected chi connectivity index (χ1v) is 10.8. The van der Waals surface area contributed by atoms with Crippen LogP contribution in [0.2, 0.25) is 0 Å². The van der Waals surface area contributed by atoms with Crippen molar-refractivity contribution in [1.82, 2.24) is 10.3 Å². The van der Waals surface area contributed by atoms with E-state index in [-0.39, 0.29) is 35.8 Å². The first kappa shape index (κ1) is 23.0. The van der Waals surface area contributed by atoms with Gasteiger partial charge in [0.05, 0.1) is 4.92 Å². The first-order valence-electron chi connectivity index (χ1n) is 10.8. The number of pyridine rings is 1. The van der Waals surface area contributed by atoms with Crippen molar-refractivity contribution < 1.29 is 24.3 Å². The second kappa shape index (κ2) is 11.1. The summed E-state index contributed by atoms with van der Waals surface area (Å²) in [4.78, 5) is 26.8. The van der Waals surface area contributed by atoms with Crippen molar-refractivity contribution in [3.05, 3.63) is 40.3 Å². The lowest BCUT2D eigenvalue weighted by Gasteiger charge is -2.37. The fourth-order valence-electron chi connectivity index (χ4n) is 3.86. The van der Waals surface area contributed by atoms with E-state index in [0.717, 1.165) is 19.3 Å². The molecule has 0 spiro atoms. The number of ether oxygens (including phenoxy) is 2. The van der Waals surface area contributed by atoms with E-state index in [1.54, 1.807) is 0 Å². The highest BCUT2D eigenvalue weighted by molar-refractivity contribution is 5.91. The molecular weight excluding hydrogens is 404 g/mol. The average molecular weight is 434 g/mol. The number of allylic oxidation sites excluding steroid dienone is 1. The molecule has 10 nitrogen and oxygen atoms in total. The smallest absolute Gasteiger partial charge is 0.287 e. The number of carbonyl (C=O) groups is 1. The minimum absolute atomic E-state index is 0.0772. The highest BCUT2D eigenvalue weighted by atomic mass is 16.7. The molecule has 1 amide bonds. The van der Waals surface area contributed by atoms with E-state index in [4.69, 9.17) is 9.47 Å². The van der Waals surface area contributed by atoms with Gasteiger partial charge in [-0.05, 0) is 56.6 Å². The molecule has 170 valence electrons. The van der Waals surface area contributed by atoms with Gasteiger partial charge in [0.1, 0.15) is 12.0 Å². The zero-order valence-corrected chi connectivity index (χ0v) is 17.7. The van der Waals surface area contributed by atoms with Gasteiger partial charge in [-0.2, -0.15) is 0 Å². The molecule has 2 aliphatic rings. The largest absolute Gasteiger partial charge is 0.459 e. The van der Waals surface area contributed by atoms with Gasteiger partial charge in [0.25, 0.3) is 11.6 Å². The van der Waals surface area contributed by atoms with Gasteiger partial charge in [0.2, 0.25) is 6.29 Å². The molecule has 3 N–H and O–H groups in total. The molecule has 1 aliphatic heterocycles. The molecule has 0 saturated heterocycles. The molecule has 1 saturated carbocycles. The summed E-state index contributed by atoms with van der Waals surface area (Å²) < 4.78 is 11.7. The van der Waals surface area contributed by atoms with Gasteiger partial charge >= 0.3 is 0 Å². The van der Waals surface area contributed by atoms with Gasteiger partial charge in [0, 0.05) is 38.3 Å². The van der Waals surface area contributed by atoms with E-state index in [9.17, 15) is 20.0 Å². The number of nitrogens with zero attached hydrogens (tertiary/aromatic N) is 2. The van der Waals surface area contributed by atoms with Crippen molar-refractivity contribution in [1.29, 1.82) is 0 Å². The van der Waals surface area contributed by atoms with Crippen LogP contribution in [-0.2, 0) is 14.3 Å². The molecule has 0 unspecified atom stereocenters. The van der Waals surface area contributed by atoms with Crippen LogP contribution >= 0.6 is 0 Å². The Kier molecular flexibility index (Phi) is 8.19. The minimum Gasteiger partial charge on any atom is -0.459 e. The van der Waals surface area contributed by atoms with Gasteiger partial charge in [-0.25, -0.2) is 4.98 Å². The van der Waals surface area contributed by atoms with E-state index in [1.165, 1.54) is 18.3 Å². The maximum Gasteiger partial charge on any atom is 0.287 e. The topological polar surface area (TPSA) is 136 Å². The lowest BCUT2D eigenvalue weighted by Crippen LogP contribution is -2.41. The van der Waals surface area contributed by atoms with E-state index >= 15 is 0 Å². The Balaban J connectivity index is 1.54. The molecule has 0 radical (unpaired) electrons. The average Bonchev–Trinajstić information content (AvgIpc) is 3.61. The SMILES string of the molecule is CCO[C@H]1OC(C(=O)NCCNc2ccc([N+](=O)[O-])cn2)=C[C@@H](C2CC2)[C@@H]1CCCO. The molecule has 1 fully saturated rings. The summed E-state index contributed by atoms with van der Waals surface area (Å²) in [7, 11) is 0. The number of nitrogens with one attached hydrogen (secondary N) is 2. The Hall–Kier alpha value is -2.72. The predicted octanol–water partition coefficient (Wildman–Crippen LogP) is 2.21. The molecule has 0 bridgehead atoms. The zero-order valence-electron chi connectivity index (χ0n) is 17.7. The quantitative estimate of drug-likeness (QED) is 0.259. The van der Waals surface area contributed by atoms with Crippen LogP contribution in [0.15, 0.2) is 30.2 Å². The number of anilines is 1. The highest BCUT2D eigenvalue weighted by Crippen LogP contribution is 2.47. The lowest BCUT2D eigenvalue weighted by atomic mass is 9.82. The maximum absolute atomic E-state index is 12.7. The number of aliphatic hydroxyl groups is 1. The lowest BCUT2D eigenvalue weighted by molar-refractivity contribution is -0.385. The standard InChI is InChI=1S/C21H30N4O6/c1-2-30-21-16(4-3-11-26)17(14-5-6-14)12-18(31-21)20(27)23-10-9-22-19-8-7-15(13-24-19)25(28)29/h7-8,12-14,16-17,21,26H,2-6,9-11H2,1H3,(H,22,24)(H,23,27)/t16-,17-,21-/m0/s1. The number of carbonyl (C=O) groups excluding carboxylic acids is 1. The number of aliphatic hydroxyl groups excluding tert-OH is 1. The number of amides is 1. The normalized spacial score (nSPS) is 22.9. The fraction of sp³-hybridized carbons (Fsp3) is 0.619. The van der Waals surface area contributed by atoms with Crippen LogP contribution in [0.1, 0.15) is 32.6 Å². The maximum atomic E-state index is 12.7. The third-order valence-corrected chi connectivity index (χ3v) is 5.52. The van der Waals surface area contributed by atoms with E-state index < -0.39 is 11.2 Å². The Morgan fingerprint density at radius 3 is 2.81 bits per heavy atom. The summed E-state index contributed by atoms with van der Waals surface area (Å²) in [6.45, 7) is 3.25. The van der Waals surface area contributed by atoms with E-state index in [2.05, 4.69) is 15.6 Å². The van der Waals surface area contributed by atoms with Gasteiger partial charge in [0.15, 0.2) is 5.76 Å². The van der Waals surface area contributed by atoms with Crippen LogP contribution in [0.3, 0.4) is 0 Å². The molecule has 31 heavy (non-hydrogen) atoms. The minimum atomic E-state index is -0.506. The second-order valence-electron chi connectivity index (χ2n) is 7.76. The van der Waals surface area contributed by atoms with Gasteiger partial charge in [-0.3, -0.25) is 14.9 Å². The molecule has 3 rings (SSSR count). The van der Waals surface area contributed by atoms with E-state index in [1.807, 2.05) is 13.0 Å². The van der Waals surface area contributed by atoms with Crippen LogP contribution in [0.25, 0.3) is 0 Å². The molecule has 10 heteroatoms. The summed E-state index contributed by atoms with van der Waals surface area (Å²) in [5.74, 6) is 1.35. The molecule has 0 aromatic carbocycles. The number of hydrogen-bond acceptors (Lipinski definition) is 8. The summed E-state index contributed by atoms with van der Waals surface area (Å²) in [6, 6.07) is 2.89. The van der Waals surface area contributed by atoms with Crippen molar-refractivity contribution in [3.8, 4) is 0 Å². The summed E-state index contributed by atoms with van der Waals surface area (Å²) in [6.07, 6.45) is 6.36. The number of rotatable bonds is 12.